The van der Waals surface area contributed by atoms with E-state index in [1.165, 1.54) is 24.9 Å². The summed E-state index contributed by atoms with van der Waals surface area (Å²) in [5.74, 6) is 1.60. The molecule has 1 aliphatic heterocycles. The zero-order valence-electron chi connectivity index (χ0n) is 14.7. The van der Waals surface area contributed by atoms with Crippen molar-refractivity contribution in [2.75, 3.05) is 26.7 Å². The van der Waals surface area contributed by atoms with Crippen LogP contribution < -0.4 is 10.1 Å². The molecule has 0 aliphatic carbocycles. The molecule has 1 amide bonds. The van der Waals surface area contributed by atoms with Crippen LogP contribution in [0.2, 0.25) is 0 Å². The van der Waals surface area contributed by atoms with Crippen LogP contribution in [0.25, 0.3) is 0 Å². The number of methoxy groups -OCH3 is 1. The van der Waals surface area contributed by atoms with Gasteiger partial charge in [0.15, 0.2) is 0 Å². The molecule has 1 fully saturated rings. The average molecular weight is 318 g/mol. The lowest BCUT2D eigenvalue weighted by Crippen LogP contribution is -2.43. The molecule has 1 saturated heterocycles. The van der Waals surface area contributed by atoms with E-state index in [1.54, 1.807) is 7.11 Å². The van der Waals surface area contributed by atoms with Gasteiger partial charge in [0.25, 0.3) is 0 Å². The molecule has 0 saturated carbocycles. The van der Waals surface area contributed by atoms with Crippen molar-refractivity contribution in [3.63, 3.8) is 0 Å². The van der Waals surface area contributed by atoms with Gasteiger partial charge in [0, 0.05) is 25.6 Å². The Morgan fingerprint density at radius 1 is 1.35 bits per heavy atom. The molecule has 1 unspecified atom stereocenters. The first-order valence-electron chi connectivity index (χ1n) is 8.72. The fourth-order valence-corrected chi connectivity index (χ4v) is 3.13. The summed E-state index contributed by atoms with van der Waals surface area (Å²) in [6, 6.07) is 8.52. The second-order valence-electron chi connectivity index (χ2n) is 6.75. The third-order valence-corrected chi connectivity index (χ3v) is 4.67. The molecule has 0 radical (unpaired) electrons. The molecular formula is C19H30N2O2. The van der Waals surface area contributed by atoms with E-state index in [-0.39, 0.29) is 5.91 Å². The molecule has 1 N–H and O–H groups in total. The number of carbonyl (C=O) groups excluding carboxylic acids is 1. The number of benzene rings is 1. The molecule has 4 heteroatoms. The van der Waals surface area contributed by atoms with Crippen molar-refractivity contribution >= 4 is 5.91 Å². The monoisotopic (exact) mass is 318 g/mol. The number of hydrogen-bond acceptors (Lipinski definition) is 3. The van der Waals surface area contributed by atoms with Crippen LogP contribution in [-0.4, -0.2) is 43.6 Å². The predicted octanol–water partition coefficient (Wildman–Crippen LogP) is 2.86. The SMILES string of the molecule is COc1ccc(CCC(=O)NCC2CCCN(C(C)C)C2)cc1. The summed E-state index contributed by atoms with van der Waals surface area (Å²) < 4.78 is 5.14. The maximum absolute atomic E-state index is 12.0. The summed E-state index contributed by atoms with van der Waals surface area (Å²) in [5.41, 5.74) is 1.17. The van der Waals surface area contributed by atoms with Crippen LogP contribution >= 0.6 is 0 Å². The molecule has 2 rings (SSSR count). The number of nitrogens with one attached hydrogen (secondary N) is 1. The lowest BCUT2D eigenvalue weighted by atomic mass is 9.97. The maximum atomic E-state index is 12.0. The number of rotatable bonds is 7. The Kier molecular flexibility index (Phi) is 6.90. The van der Waals surface area contributed by atoms with Gasteiger partial charge >= 0.3 is 0 Å². The van der Waals surface area contributed by atoms with Gasteiger partial charge in [-0.15, -0.1) is 0 Å². The molecule has 0 aromatic heterocycles. The molecule has 1 aromatic carbocycles. The number of nitrogens with zero attached hydrogens (tertiary/aromatic N) is 1. The molecule has 1 aromatic rings. The number of carbonyl (C=O) groups is 1. The largest absolute Gasteiger partial charge is 0.497 e. The number of ether oxygens (including phenoxy) is 1. The van der Waals surface area contributed by atoms with E-state index in [0.717, 1.165) is 25.3 Å². The maximum Gasteiger partial charge on any atom is 0.220 e. The highest BCUT2D eigenvalue weighted by molar-refractivity contribution is 5.76. The standard InChI is InChI=1S/C19H30N2O2/c1-15(2)21-12-4-5-17(14-21)13-20-19(22)11-8-16-6-9-18(23-3)10-7-16/h6-7,9-10,15,17H,4-5,8,11-14H2,1-3H3,(H,20,22). The van der Waals surface area contributed by atoms with E-state index in [1.807, 2.05) is 24.3 Å². The molecule has 23 heavy (non-hydrogen) atoms. The Morgan fingerprint density at radius 2 is 2.09 bits per heavy atom. The summed E-state index contributed by atoms with van der Waals surface area (Å²) in [6.07, 6.45) is 3.79. The first-order chi connectivity index (χ1) is 11.1. The second kappa shape index (κ2) is 8.92. The molecule has 1 aliphatic rings. The fraction of sp³-hybridized carbons (Fsp3) is 0.632. The van der Waals surface area contributed by atoms with Gasteiger partial charge < -0.3 is 15.0 Å². The Labute approximate surface area is 140 Å². The first-order valence-corrected chi connectivity index (χ1v) is 8.72. The van der Waals surface area contributed by atoms with Crippen LogP contribution in [0.15, 0.2) is 24.3 Å². The van der Waals surface area contributed by atoms with E-state index in [2.05, 4.69) is 24.1 Å². The van der Waals surface area contributed by atoms with Crippen LogP contribution in [0.5, 0.6) is 5.75 Å². The zero-order chi connectivity index (χ0) is 16.7. The normalized spacial score (nSPS) is 18.9. The Morgan fingerprint density at radius 3 is 2.74 bits per heavy atom. The van der Waals surface area contributed by atoms with Crippen molar-refractivity contribution in [2.24, 2.45) is 5.92 Å². The lowest BCUT2D eigenvalue weighted by molar-refractivity contribution is -0.121. The summed E-state index contributed by atoms with van der Waals surface area (Å²) in [5, 5.41) is 3.11. The number of likely N-dealkylation sites (tertiary alicyclic amines) is 1. The Balaban J connectivity index is 1.68. The van der Waals surface area contributed by atoms with Gasteiger partial charge in [-0.25, -0.2) is 0 Å². The van der Waals surface area contributed by atoms with Gasteiger partial charge in [-0.2, -0.15) is 0 Å². The summed E-state index contributed by atoms with van der Waals surface area (Å²) in [7, 11) is 1.66. The summed E-state index contributed by atoms with van der Waals surface area (Å²) >= 11 is 0. The predicted molar refractivity (Wildman–Crippen MR) is 93.8 cm³/mol. The van der Waals surface area contributed by atoms with Crippen molar-refractivity contribution in [1.29, 1.82) is 0 Å². The number of aryl methyl sites for hydroxylation is 1. The van der Waals surface area contributed by atoms with Crippen LogP contribution in [-0.2, 0) is 11.2 Å². The van der Waals surface area contributed by atoms with Crippen molar-refractivity contribution in [1.82, 2.24) is 10.2 Å². The molecule has 4 nitrogen and oxygen atoms in total. The number of hydrogen-bond donors (Lipinski definition) is 1. The third kappa shape index (κ3) is 5.87. The number of piperidine rings is 1. The smallest absolute Gasteiger partial charge is 0.220 e. The topological polar surface area (TPSA) is 41.6 Å². The van der Waals surface area contributed by atoms with Crippen LogP contribution in [0.4, 0.5) is 0 Å². The molecule has 0 spiro atoms. The minimum Gasteiger partial charge on any atom is -0.497 e. The first kappa shape index (κ1) is 17.8. The van der Waals surface area contributed by atoms with Crippen molar-refractivity contribution in [2.45, 2.75) is 45.6 Å². The highest BCUT2D eigenvalue weighted by Crippen LogP contribution is 2.18. The van der Waals surface area contributed by atoms with Gasteiger partial charge in [0.1, 0.15) is 5.75 Å². The highest BCUT2D eigenvalue weighted by atomic mass is 16.5. The Bertz CT molecular complexity index is 485. The van der Waals surface area contributed by atoms with Crippen molar-refractivity contribution in [3.05, 3.63) is 29.8 Å². The zero-order valence-corrected chi connectivity index (χ0v) is 14.7. The fourth-order valence-electron chi connectivity index (χ4n) is 3.13. The number of amides is 1. The average Bonchev–Trinajstić information content (AvgIpc) is 2.58. The van der Waals surface area contributed by atoms with E-state index < -0.39 is 0 Å². The van der Waals surface area contributed by atoms with E-state index in [9.17, 15) is 4.79 Å². The van der Waals surface area contributed by atoms with E-state index in [4.69, 9.17) is 4.74 Å². The van der Waals surface area contributed by atoms with Crippen molar-refractivity contribution < 1.29 is 9.53 Å². The van der Waals surface area contributed by atoms with Gasteiger partial charge in [0.2, 0.25) is 5.91 Å². The minimum atomic E-state index is 0.155. The van der Waals surface area contributed by atoms with Crippen LogP contribution in [0.1, 0.15) is 38.7 Å². The van der Waals surface area contributed by atoms with Gasteiger partial charge in [-0.3, -0.25) is 4.79 Å². The van der Waals surface area contributed by atoms with Crippen LogP contribution in [0.3, 0.4) is 0 Å². The van der Waals surface area contributed by atoms with Gasteiger partial charge in [-0.1, -0.05) is 12.1 Å². The lowest BCUT2D eigenvalue weighted by Gasteiger charge is -2.35. The summed E-state index contributed by atoms with van der Waals surface area (Å²) in [6.45, 7) is 7.60. The van der Waals surface area contributed by atoms with E-state index >= 15 is 0 Å². The van der Waals surface area contributed by atoms with Gasteiger partial charge in [-0.05, 0) is 63.3 Å². The van der Waals surface area contributed by atoms with E-state index in [0.29, 0.717) is 18.4 Å². The Hall–Kier alpha value is -1.55. The summed E-state index contributed by atoms with van der Waals surface area (Å²) in [4.78, 5) is 14.6. The highest BCUT2D eigenvalue weighted by Gasteiger charge is 2.21. The molecule has 1 heterocycles. The minimum absolute atomic E-state index is 0.155. The third-order valence-electron chi connectivity index (χ3n) is 4.67. The van der Waals surface area contributed by atoms with Crippen molar-refractivity contribution in [3.8, 4) is 5.75 Å². The second-order valence-corrected chi connectivity index (χ2v) is 6.75. The molecule has 0 bridgehead atoms. The molecule has 1 atom stereocenters. The quantitative estimate of drug-likeness (QED) is 0.840. The molecule has 128 valence electrons. The van der Waals surface area contributed by atoms with Gasteiger partial charge in [0.05, 0.1) is 7.11 Å². The molecular weight excluding hydrogens is 288 g/mol. The van der Waals surface area contributed by atoms with Crippen LogP contribution in [0, 0.1) is 5.92 Å².